The van der Waals surface area contributed by atoms with Gasteiger partial charge in [0.25, 0.3) is 0 Å². The lowest BCUT2D eigenvalue weighted by Crippen LogP contribution is -2.21. The SMILES string of the molecule is CCC(C)S(=O)(=O)CCCOc1ccccc1N. The topological polar surface area (TPSA) is 69.4 Å². The lowest BCUT2D eigenvalue weighted by molar-refractivity contribution is 0.319. The van der Waals surface area contributed by atoms with Crippen LogP contribution in [0.2, 0.25) is 0 Å². The summed E-state index contributed by atoms with van der Waals surface area (Å²) in [6, 6.07) is 7.20. The average molecular weight is 271 g/mol. The highest BCUT2D eigenvalue weighted by atomic mass is 32.2. The molecule has 1 rings (SSSR count). The van der Waals surface area contributed by atoms with Gasteiger partial charge in [-0.2, -0.15) is 0 Å². The third kappa shape index (κ3) is 4.22. The molecule has 1 atom stereocenters. The van der Waals surface area contributed by atoms with Crippen molar-refractivity contribution in [2.75, 3.05) is 18.1 Å². The summed E-state index contributed by atoms with van der Waals surface area (Å²) >= 11 is 0. The average Bonchev–Trinajstić information content (AvgIpc) is 2.35. The van der Waals surface area contributed by atoms with Crippen LogP contribution < -0.4 is 10.5 Å². The molecule has 102 valence electrons. The van der Waals surface area contributed by atoms with Crippen molar-refractivity contribution in [2.24, 2.45) is 0 Å². The number of hydrogen-bond acceptors (Lipinski definition) is 4. The van der Waals surface area contributed by atoms with Crippen molar-refractivity contribution in [3.63, 3.8) is 0 Å². The molecule has 1 aromatic carbocycles. The number of hydrogen-bond donors (Lipinski definition) is 1. The molecule has 0 aliphatic rings. The van der Waals surface area contributed by atoms with Crippen molar-refractivity contribution < 1.29 is 13.2 Å². The zero-order valence-corrected chi connectivity index (χ0v) is 11.7. The van der Waals surface area contributed by atoms with E-state index in [0.29, 0.717) is 30.9 Å². The number of para-hydroxylation sites is 2. The number of sulfone groups is 1. The van der Waals surface area contributed by atoms with Gasteiger partial charge >= 0.3 is 0 Å². The van der Waals surface area contributed by atoms with Gasteiger partial charge in [-0.1, -0.05) is 19.1 Å². The Morgan fingerprint density at radius 3 is 2.61 bits per heavy atom. The number of rotatable bonds is 7. The highest BCUT2D eigenvalue weighted by Gasteiger charge is 2.18. The van der Waals surface area contributed by atoms with Gasteiger partial charge in [-0.25, -0.2) is 8.42 Å². The van der Waals surface area contributed by atoms with E-state index >= 15 is 0 Å². The number of nitrogens with two attached hydrogens (primary N) is 1. The van der Waals surface area contributed by atoms with Crippen LogP contribution in [0.3, 0.4) is 0 Å². The Balaban J connectivity index is 2.38. The molecule has 0 radical (unpaired) electrons. The van der Waals surface area contributed by atoms with E-state index in [1.54, 1.807) is 19.1 Å². The molecule has 0 heterocycles. The molecule has 0 fully saturated rings. The van der Waals surface area contributed by atoms with E-state index in [1.807, 2.05) is 19.1 Å². The first-order valence-corrected chi connectivity index (χ1v) is 7.87. The highest BCUT2D eigenvalue weighted by molar-refractivity contribution is 7.91. The van der Waals surface area contributed by atoms with Crippen LogP contribution in [0.5, 0.6) is 5.75 Å². The van der Waals surface area contributed by atoms with Gasteiger partial charge in [-0.05, 0) is 31.9 Å². The van der Waals surface area contributed by atoms with Gasteiger partial charge in [-0.3, -0.25) is 0 Å². The van der Waals surface area contributed by atoms with E-state index in [2.05, 4.69) is 0 Å². The van der Waals surface area contributed by atoms with Crippen molar-refractivity contribution in [3.05, 3.63) is 24.3 Å². The fraction of sp³-hybridized carbons (Fsp3) is 0.538. The van der Waals surface area contributed by atoms with Gasteiger partial charge in [0.1, 0.15) is 5.75 Å². The van der Waals surface area contributed by atoms with E-state index < -0.39 is 9.84 Å². The van der Waals surface area contributed by atoms with Crippen LogP contribution in [0.1, 0.15) is 26.7 Å². The Labute approximate surface area is 109 Å². The number of anilines is 1. The van der Waals surface area contributed by atoms with Gasteiger partial charge in [0.2, 0.25) is 0 Å². The number of nitrogen functional groups attached to an aromatic ring is 1. The zero-order valence-electron chi connectivity index (χ0n) is 10.9. The minimum Gasteiger partial charge on any atom is -0.491 e. The van der Waals surface area contributed by atoms with Crippen LogP contribution in [0.15, 0.2) is 24.3 Å². The Morgan fingerprint density at radius 2 is 2.00 bits per heavy atom. The number of benzene rings is 1. The minimum absolute atomic E-state index is 0.161. The summed E-state index contributed by atoms with van der Waals surface area (Å²) in [5.74, 6) is 0.771. The molecule has 1 unspecified atom stereocenters. The summed E-state index contributed by atoms with van der Waals surface area (Å²) in [6.07, 6.45) is 1.13. The standard InChI is InChI=1S/C13H21NO3S/c1-3-11(2)18(15,16)10-6-9-17-13-8-5-4-7-12(13)14/h4-5,7-8,11H,3,6,9-10,14H2,1-2H3. The Morgan fingerprint density at radius 1 is 1.33 bits per heavy atom. The molecule has 4 nitrogen and oxygen atoms in total. The van der Waals surface area contributed by atoms with Gasteiger partial charge in [0, 0.05) is 0 Å². The normalized spacial score (nSPS) is 13.2. The maximum Gasteiger partial charge on any atom is 0.153 e. The highest BCUT2D eigenvalue weighted by Crippen LogP contribution is 2.19. The van der Waals surface area contributed by atoms with Crippen molar-refractivity contribution in [1.82, 2.24) is 0 Å². The maximum absolute atomic E-state index is 11.8. The van der Waals surface area contributed by atoms with Gasteiger partial charge in [0.15, 0.2) is 9.84 Å². The Bertz CT molecular complexity index is 471. The largest absolute Gasteiger partial charge is 0.491 e. The third-order valence-corrected chi connectivity index (χ3v) is 5.35. The molecule has 0 saturated heterocycles. The molecule has 0 bridgehead atoms. The lowest BCUT2D eigenvalue weighted by Gasteiger charge is -2.11. The van der Waals surface area contributed by atoms with Gasteiger partial charge in [0.05, 0.1) is 23.3 Å². The van der Waals surface area contributed by atoms with Crippen LogP contribution in [0.25, 0.3) is 0 Å². The molecule has 0 spiro atoms. The van der Waals surface area contributed by atoms with Crippen molar-refractivity contribution in [3.8, 4) is 5.75 Å². The van der Waals surface area contributed by atoms with Crippen molar-refractivity contribution in [1.29, 1.82) is 0 Å². The van der Waals surface area contributed by atoms with Crippen LogP contribution in [-0.4, -0.2) is 26.0 Å². The summed E-state index contributed by atoms with van der Waals surface area (Å²) in [5, 5.41) is -0.278. The van der Waals surface area contributed by atoms with E-state index in [9.17, 15) is 8.42 Å². The molecule has 0 aliphatic heterocycles. The van der Waals surface area contributed by atoms with Crippen molar-refractivity contribution in [2.45, 2.75) is 31.9 Å². The minimum atomic E-state index is -2.99. The Kier molecular flexibility index (Phi) is 5.47. The fourth-order valence-corrected chi connectivity index (χ4v) is 2.94. The Hall–Kier alpha value is -1.23. The van der Waals surface area contributed by atoms with E-state index in [0.717, 1.165) is 0 Å². The summed E-state index contributed by atoms with van der Waals surface area (Å²) in [4.78, 5) is 0. The van der Waals surface area contributed by atoms with E-state index in [4.69, 9.17) is 10.5 Å². The summed E-state index contributed by atoms with van der Waals surface area (Å²) < 4.78 is 29.0. The second-order valence-corrected chi connectivity index (χ2v) is 6.86. The fourth-order valence-electron chi connectivity index (χ4n) is 1.51. The monoisotopic (exact) mass is 271 g/mol. The molecule has 0 saturated carbocycles. The smallest absolute Gasteiger partial charge is 0.153 e. The number of ether oxygens (including phenoxy) is 1. The molecule has 18 heavy (non-hydrogen) atoms. The second kappa shape index (κ2) is 6.64. The zero-order chi connectivity index (χ0) is 13.6. The molecule has 1 aromatic rings. The maximum atomic E-state index is 11.8. The summed E-state index contributed by atoms with van der Waals surface area (Å²) in [6.45, 7) is 3.98. The summed E-state index contributed by atoms with van der Waals surface area (Å²) in [5.41, 5.74) is 6.29. The van der Waals surface area contributed by atoms with Gasteiger partial charge in [-0.15, -0.1) is 0 Å². The van der Waals surface area contributed by atoms with Crippen LogP contribution in [0.4, 0.5) is 5.69 Å². The van der Waals surface area contributed by atoms with Crippen LogP contribution in [0, 0.1) is 0 Å². The first-order valence-electron chi connectivity index (χ1n) is 6.16. The predicted molar refractivity (Wildman–Crippen MR) is 74.5 cm³/mol. The van der Waals surface area contributed by atoms with Gasteiger partial charge < -0.3 is 10.5 Å². The lowest BCUT2D eigenvalue weighted by atomic mass is 10.3. The van der Waals surface area contributed by atoms with Crippen LogP contribution in [-0.2, 0) is 9.84 Å². The molecule has 0 amide bonds. The van der Waals surface area contributed by atoms with E-state index in [-0.39, 0.29) is 11.0 Å². The molecule has 0 aliphatic carbocycles. The second-order valence-electron chi connectivity index (χ2n) is 4.33. The molecular weight excluding hydrogens is 250 g/mol. The first kappa shape index (κ1) is 14.8. The molecule has 0 aromatic heterocycles. The van der Waals surface area contributed by atoms with E-state index in [1.165, 1.54) is 0 Å². The first-order chi connectivity index (χ1) is 8.47. The molecular formula is C13H21NO3S. The molecule has 2 N–H and O–H groups in total. The third-order valence-electron chi connectivity index (χ3n) is 2.94. The molecule has 5 heteroatoms. The predicted octanol–water partition coefficient (Wildman–Crippen LogP) is 2.25. The van der Waals surface area contributed by atoms with Crippen molar-refractivity contribution >= 4 is 15.5 Å². The summed E-state index contributed by atoms with van der Waals surface area (Å²) in [7, 11) is -2.99. The quantitative estimate of drug-likeness (QED) is 0.610. The van der Waals surface area contributed by atoms with Crippen LogP contribution >= 0.6 is 0 Å².